The van der Waals surface area contributed by atoms with E-state index in [1.165, 1.54) is 0 Å². The molecule has 0 spiro atoms. The van der Waals surface area contributed by atoms with E-state index in [2.05, 4.69) is 10.9 Å². The third-order valence-corrected chi connectivity index (χ3v) is 4.95. The van der Waals surface area contributed by atoms with Crippen LogP contribution in [-0.4, -0.2) is 25.0 Å². The number of benzene rings is 2. The normalized spacial score (nSPS) is 10.4. The molecule has 0 aliphatic heterocycles. The Morgan fingerprint density at radius 1 is 0.931 bits per heavy atom. The summed E-state index contributed by atoms with van der Waals surface area (Å²) in [6.07, 6.45) is 0.613. The van der Waals surface area contributed by atoms with Crippen molar-refractivity contribution in [1.29, 1.82) is 0 Å². The monoisotopic (exact) mass is 458 g/mol. The van der Waals surface area contributed by atoms with Crippen molar-refractivity contribution in [3.63, 3.8) is 0 Å². The Kier molecular flexibility index (Phi) is 8.89. The first-order valence-corrected chi connectivity index (χ1v) is 9.94. The van der Waals surface area contributed by atoms with Crippen LogP contribution in [0.4, 0.5) is 0 Å². The highest BCUT2D eigenvalue weighted by Gasteiger charge is 2.08. The summed E-state index contributed by atoms with van der Waals surface area (Å²) in [6.45, 7) is 3.76. The second-order valence-electron chi connectivity index (χ2n) is 6.28. The fourth-order valence-corrected chi connectivity index (χ4v) is 2.96. The lowest BCUT2D eigenvalue weighted by atomic mass is 10.1. The summed E-state index contributed by atoms with van der Waals surface area (Å²) >= 11 is 17.9. The number of hydrazine groups is 1. The van der Waals surface area contributed by atoms with Gasteiger partial charge in [-0.25, -0.2) is 0 Å². The SMILES string of the molecule is Cc1cc(OCC(=O)NNC(=O)CCCOc2ccc(Cl)cc2Cl)cc(C)c1Cl. The van der Waals surface area contributed by atoms with E-state index < -0.39 is 5.91 Å². The second-order valence-corrected chi connectivity index (χ2v) is 7.50. The summed E-state index contributed by atoms with van der Waals surface area (Å²) in [5.74, 6) is 0.202. The third kappa shape index (κ3) is 7.65. The Bertz CT molecular complexity index is 867. The standard InChI is InChI=1S/C20H21Cl3N2O4/c1-12-8-15(9-13(2)20(12)23)29-11-19(27)25-24-18(26)4-3-7-28-17-6-5-14(21)10-16(17)22/h5-6,8-10H,3-4,7,11H2,1-2H3,(H,24,26)(H,25,27). The smallest absolute Gasteiger partial charge is 0.276 e. The molecule has 0 aromatic heterocycles. The number of ether oxygens (including phenoxy) is 2. The highest BCUT2D eigenvalue weighted by atomic mass is 35.5. The molecule has 2 aromatic rings. The zero-order valence-electron chi connectivity index (χ0n) is 16.0. The first-order valence-electron chi connectivity index (χ1n) is 8.81. The first kappa shape index (κ1) is 23.1. The van der Waals surface area contributed by atoms with Crippen LogP contribution in [-0.2, 0) is 9.59 Å². The van der Waals surface area contributed by atoms with Gasteiger partial charge in [-0.2, -0.15) is 0 Å². The predicted octanol–water partition coefficient (Wildman–Crippen LogP) is 4.65. The van der Waals surface area contributed by atoms with Gasteiger partial charge in [0.25, 0.3) is 5.91 Å². The summed E-state index contributed by atoms with van der Waals surface area (Å²) in [7, 11) is 0. The fraction of sp³-hybridized carbons (Fsp3) is 0.300. The van der Waals surface area contributed by atoms with Crippen molar-refractivity contribution >= 4 is 46.6 Å². The Hall–Kier alpha value is -2.15. The maximum Gasteiger partial charge on any atom is 0.276 e. The summed E-state index contributed by atoms with van der Waals surface area (Å²) in [5, 5.41) is 1.58. The molecule has 2 rings (SSSR count). The molecule has 0 saturated heterocycles. The fourth-order valence-electron chi connectivity index (χ4n) is 2.38. The van der Waals surface area contributed by atoms with Crippen LogP contribution in [0.2, 0.25) is 15.1 Å². The summed E-state index contributed by atoms with van der Waals surface area (Å²) in [4.78, 5) is 23.6. The number of halogens is 3. The Labute approximate surface area is 184 Å². The summed E-state index contributed by atoms with van der Waals surface area (Å²) in [5.41, 5.74) is 6.35. The van der Waals surface area contributed by atoms with E-state index >= 15 is 0 Å². The molecule has 0 fully saturated rings. The van der Waals surface area contributed by atoms with Crippen molar-refractivity contribution in [2.24, 2.45) is 0 Å². The predicted molar refractivity (Wildman–Crippen MR) is 114 cm³/mol. The minimum atomic E-state index is -0.479. The second kappa shape index (κ2) is 11.1. The number of hydrogen-bond acceptors (Lipinski definition) is 4. The topological polar surface area (TPSA) is 76.7 Å². The van der Waals surface area contributed by atoms with Gasteiger partial charge in [-0.05, 0) is 61.7 Å². The van der Waals surface area contributed by atoms with Gasteiger partial charge >= 0.3 is 0 Å². The molecule has 156 valence electrons. The largest absolute Gasteiger partial charge is 0.492 e. The molecular weight excluding hydrogens is 439 g/mol. The molecule has 6 nitrogen and oxygen atoms in total. The Balaban J connectivity index is 1.63. The molecule has 0 atom stereocenters. The molecule has 0 saturated carbocycles. The van der Waals surface area contributed by atoms with E-state index in [0.717, 1.165) is 11.1 Å². The number of carbonyl (C=O) groups excluding carboxylic acids is 2. The molecule has 0 unspecified atom stereocenters. The molecule has 0 aliphatic rings. The van der Waals surface area contributed by atoms with E-state index in [1.54, 1.807) is 30.3 Å². The van der Waals surface area contributed by atoms with Crippen LogP contribution in [0, 0.1) is 13.8 Å². The highest BCUT2D eigenvalue weighted by molar-refractivity contribution is 6.35. The molecule has 9 heteroatoms. The van der Waals surface area contributed by atoms with Gasteiger partial charge in [0.05, 0.1) is 11.6 Å². The van der Waals surface area contributed by atoms with Crippen molar-refractivity contribution < 1.29 is 19.1 Å². The van der Waals surface area contributed by atoms with Crippen LogP contribution in [0.1, 0.15) is 24.0 Å². The molecular formula is C20H21Cl3N2O4. The maximum atomic E-state index is 11.8. The van der Waals surface area contributed by atoms with Crippen molar-refractivity contribution in [2.45, 2.75) is 26.7 Å². The first-order chi connectivity index (χ1) is 13.8. The molecule has 0 radical (unpaired) electrons. The van der Waals surface area contributed by atoms with Crippen LogP contribution >= 0.6 is 34.8 Å². The summed E-state index contributed by atoms with van der Waals surface area (Å²) < 4.78 is 10.9. The lowest BCUT2D eigenvalue weighted by Gasteiger charge is -2.11. The Morgan fingerprint density at radius 2 is 1.59 bits per heavy atom. The van der Waals surface area contributed by atoms with E-state index in [9.17, 15) is 9.59 Å². The molecule has 2 aromatic carbocycles. The van der Waals surface area contributed by atoms with E-state index in [4.69, 9.17) is 44.3 Å². The third-order valence-electron chi connectivity index (χ3n) is 3.82. The van der Waals surface area contributed by atoms with Crippen molar-refractivity contribution in [3.8, 4) is 11.5 Å². The Morgan fingerprint density at radius 3 is 2.24 bits per heavy atom. The van der Waals surface area contributed by atoms with E-state index in [0.29, 0.717) is 39.6 Å². The van der Waals surface area contributed by atoms with Crippen LogP contribution < -0.4 is 20.3 Å². The average molecular weight is 460 g/mol. The molecule has 0 heterocycles. The van der Waals surface area contributed by atoms with Gasteiger partial charge in [0, 0.05) is 16.5 Å². The van der Waals surface area contributed by atoms with Crippen molar-refractivity contribution in [2.75, 3.05) is 13.2 Å². The molecule has 0 aliphatic carbocycles. The van der Waals surface area contributed by atoms with Gasteiger partial charge in [-0.3, -0.25) is 20.4 Å². The summed E-state index contributed by atoms with van der Waals surface area (Å²) in [6, 6.07) is 8.39. The van der Waals surface area contributed by atoms with Gasteiger partial charge in [0.2, 0.25) is 5.91 Å². The molecule has 2 amide bonds. The number of aryl methyl sites for hydroxylation is 2. The molecule has 2 N–H and O–H groups in total. The number of rotatable bonds is 8. The maximum absolute atomic E-state index is 11.8. The van der Waals surface area contributed by atoms with E-state index in [1.807, 2.05) is 13.8 Å². The molecule has 29 heavy (non-hydrogen) atoms. The number of carbonyl (C=O) groups is 2. The van der Waals surface area contributed by atoms with Gasteiger partial charge in [0.1, 0.15) is 11.5 Å². The van der Waals surface area contributed by atoms with Crippen molar-refractivity contribution in [1.82, 2.24) is 10.9 Å². The van der Waals surface area contributed by atoms with Crippen LogP contribution in [0.25, 0.3) is 0 Å². The van der Waals surface area contributed by atoms with Crippen LogP contribution in [0.3, 0.4) is 0 Å². The van der Waals surface area contributed by atoms with Crippen LogP contribution in [0.5, 0.6) is 11.5 Å². The quantitative estimate of drug-likeness (QED) is 0.445. The van der Waals surface area contributed by atoms with Crippen LogP contribution in [0.15, 0.2) is 30.3 Å². The lowest BCUT2D eigenvalue weighted by molar-refractivity contribution is -0.130. The van der Waals surface area contributed by atoms with Gasteiger partial charge in [-0.1, -0.05) is 34.8 Å². The highest BCUT2D eigenvalue weighted by Crippen LogP contribution is 2.27. The van der Waals surface area contributed by atoms with Gasteiger partial charge in [-0.15, -0.1) is 0 Å². The zero-order valence-corrected chi connectivity index (χ0v) is 18.2. The average Bonchev–Trinajstić information content (AvgIpc) is 2.67. The number of nitrogens with one attached hydrogen (secondary N) is 2. The van der Waals surface area contributed by atoms with Crippen molar-refractivity contribution in [3.05, 3.63) is 56.5 Å². The lowest BCUT2D eigenvalue weighted by Crippen LogP contribution is -2.43. The number of hydrogen-bond donors (Lipinski definition) is 2. The van der Waals surface area contributed by atoms with E-state index in [-0.39, 0.29) is 18.9 Å². The minimum Gasteiger partial charge on any atom is -0.492 e. The minimum absolute atomic E-state index is 0.169. The zero-order chi connectivity index (χ0) is 21.4. The number of amides is 2. The van der Waals surface area contributed by atoms with Gasteiger partial charge < -0.3 is 9.47 Å². The van der Waals surface area contributed by atoms with Gasteiger partial charge in [0.15, 0.2) is 6.61 Å². The molecule has 0 bridgehead atoms.